The number of aromatic nitrogens is 2. The van der Waals surface area contributed by atoms with E-state index in [9.17, 15) is 4.79 Å². The van der Waals surface area contributed by atoms with E-state index in [1.807, 2.05) is 39.2 Å². The van der Waals surface area contributed by atoms with Crippen molar-refractivity contribution in [2.24, 2.45) is 0 Å². The summed E-state index contributed by atoms with van der Waals surface area (Å²) in [7, 11) is 0. The number of hydrogen-bond donors (Lipinski definition) is 2. The maximum Gasteiger partial charge on any atom is 0.158 e. The highest BCUT2D eigenvalue weighted by Gasteiger charge is 2.19. The van der Waals surface area contributed by atoms with Crippen LogP contribution in [0.3, 0.4) is 0 Å². The molecule has 5 nitrogen and oxygen atoms in total. The van der Waals surface area contributed by atoms with Gasteiger partial charge in [-0.2, -0.15) is 0 Å². The van der Waals surface area contributed by atoms with Gasteiger partial charge in [0.05, 0.1) is 5.52 Å². The summed E-state index contributed by atoms with van der Waals surface area (Å²) in [5.41, 5.74) is 10.7. The highest BCUT2D eigenvalue weighted by Crippen LogP contribution is 2.28. The lowest BCUT2D eigenvalue weighted by atomic mass is 9.94. The lowest BCUT2D eigenvalue weighted by Gasteiger charge is -2.21. The van der Waals surface area contributed by atoms with Gasteiger partial charge in [0.25, 0.3) is 0 Å². The first kappa shape index (κ1) is 15.2. The van der Waals surface area contributed by atoms with Crippen LogP contribution in [0.2, 0.25) is 0 Å². The van der Waals surface area contributed by atoms with Crippen molar-refractivity contribution in [2.45, 2.75) is 33.2 Å². The number of rotatable bonds is 3. The molecular formula is C18H20N4O. The van der Waals surface area contributed by atoms with Crippen molar-refractivity contribution in [3.05, 3.63) is 47.4 Å². The van der Waals surface area contributed by atoms with Crippen LogP contribution in [0.25, 0.3) is 16.5 Å². The maximum absolute atomic E-state index is 11.8. The normalized spacial score (nSPS) is 17.4. The number of nitrogens with zero attached hydrogens (tertiary/aromatic N) is 2. The lowest BCUT2D eigenvalue weighted by Crippen LogP contribution is -2.33. The summed E-state index contributed by atoms with van der Waals surface area (Å²) in [5, 5.41) is 4.12. The summed E-state index contributed by atoms with van der Waals surface area (Å²) in [6, 6.07) is 1.81. The van der Waals surface area contributed by atoms with E-state index in [0.717, 1.165) is 33.2 Å². The Morgan fingerprint density at radius 1 is 1.30 bits per heavy atom. The molecule has 2 aromatic heterocycles. The molecule has 2 aromatic rings. The smallest absolute Gasteiger partial charge is 0.158 e. The third kappa shape index (κ3) is 2.70. The van der Waals surface area contributed by atoms with Gasteiger partial charge in [-0.25, -0.2) is 4.98 Å². The summed E-state index contributed by atoms with van der Waals surface area (Å²) in [4.78, 5) is 20.6. The molecule has 3 rings (SSSR count). The number of dihydropyridines is 1. The molecular weight excluding hydrogens is 288 g/mol. The summed E-state index contributed by atoms with van der Waals surface area (Å²) >= 11 is 0. The van der Waals surface area contributed by atoms with Gasteiger partial charge in [0.1, 0.15) is 11.9 Å². The zero-order valence-corrected chi connectivity index (χ0v) is 13.6. The van der Waals surface area contributed by atoms with E-state index in [4.69, 9.17) is 5.73 Å². The van der Waals surface area contributed by atoms with Crippen molar-refractivity contribution < 1.29 is 4.79 Å². The minimum absolute atomic E-state index is 0.187. The largest absolute Gasteiger partial charge is 0.383 e. The molecule has 0 aromatic carbocycles. The van der Waals surface area contributed by atoms with Crippen LogP contribution in [0.15, 0.2) is 36.3 Å². The number of allylic oxidation sites excluding steroid dienone is 2. The number of carbonyl (C=O) groups is 1. The minimum Gasteiger partial charge on any atom is -0.383 e. The molecule has 3 N–H and O–H groups in total. The van der Waals surface area contributed by atoms with Crippen molar-refractivity contribution >= 4 is 28.1 Å². The number of aryl methyl sites for hydroxylation is 1. The van der Waals surface area contributed by atoms with Gasteiger partial charge in [0.15, 0.2) is 5.78 Å². The molecule has 23 heavy (non-hydrogen) atoms. The standard InChI is InChI=1S/C18H20N4O/c1-4-16(23)15-5-10(2)14(9-20-15)12-6-13-8-22-18(19)11(3)17(13)21-7-12/h5-9,15,20H,4H2,1-3H3,(H2,19,22). The van der Waals surface area contributed by atoms with Crippen LogP contribution >= 0.6 is 0 Å². The monoisotopic (exact) mass is 308 g/mol. The molecule has 5 heteroatoms. The van der Waals surface area contributed by atoms with Crippen LogP contribution < -0.4 is 11.1 Å². The number of carbonyl (C=O) groups excluding carboxylic acids is 1. The number of ketones is 1. The summed E-state index contributed by atoms with van der Waals surface area (Å²) in [6.45, 7) is 5.81. The first-order valence-electron chi connectivity index (χ1n) is 7.70. The van der Waals surface area contributed by atoms with Crippen LogP contribution in [0.4, 0.5) is 5.82 Å². The van der Waals surface area contributed by atoms with Gasteiger partial charge < -0.3 is 11.1 Å². The average Bonchev–Trinajstić information content (AvgIpc) is 2.57. The Morgan fingerprint density at radius 2 is 2.09 bits per heavy atom. The minimum atomic E-state index is -0.235. The fourth-order valence-corrected chi connectivity index (χ4v) is 2.79. The topological polar surface area (TPSA) is 80.9 Å². The number of pyridine rings is 2. The van der Waals surface area contributed by atoms with Gasteiger partial charge in [-0.05, 0) is 25.5 Å². The first-order valence-corrected chi connectivity index (χ1v) is 7.70. The van der Waals surface area contributed by atoms with Gasteiger partial charge in [-0.1, -0.05) is 13.0 Å². The van der Waals surface area contributed by atoms with Crippen LogP contribution in [-0.2, 0) is 4.79 Å². The Bertz CT molecular complexity index is 851. The molecule has 0 fully saturated rings. The zero-order valence-electron chi connectivity index (χ0n) is 13.6. The predicted octanol–water partition coefficient (Wildman–Crippen LogP) is 2.76. The van der Waals surface area contributed by atoms with Crippen LogP contribution in [0.1, 0.15) is 31.4 Å². The first-order chi connectivity index (χ1) is 11.0. The van der Waals surface area contributed by atoms with Gasteiger partial charge in [-0.3, -0.25) is 9.78 Å². The molecule has 118 valence electrons. The van der Waals surface area contributed by atoms with Crippen molar-refractivity contribution in [3.8, 4) is 0 Å². The second-order valence-corrected chi connectivity index (χ2v) is 5.80. The zero-order chi connectivity index (χ0) is 16.6. The van der Waals surface area contributed by atoms with E-state index in [1.54, 1.807) is 6.20 Å². The highest BCUT2D eigenvalue weighted by molar-refractivity contribution is 5.92. The Kier molecular flexibility index (Phi) is 3.86. The molecule has 0 spiro atoms. The molecule has 1 unspecified atom stereocenters. The van der Waals surface area contributed by atoms with E-state index in [1.165, 1.54) is 0 Å². The molecule has 0 saturated carbocycles. The molecule has 0 aliphatic carbocycles. The molecule has 0 amide bonds. The van der Waals surface area contributed by atoms with E-state index in [0.29, 0.717) is 12.2 Å². The van der Waals surface area contributed by atoms with Crippen molar-refractivity contribution in [3.63, 3.8) is 0 Å². The number of fused-ring (bicyclic) bond motifs is 1. The molecule has 1 atom stereocenters. The lowest BCUT2D eigenvalue weighted by molar-refractivity contribution is -0.119. The number of Topliss-reactive ketones (excluding diaryl/α,β-unsaturated/α-hetero) is 1. The van der Waals surface area contributed by atoms with Crippen molar-refractivity contribution in [1.82, 2.24) is 15.3 Å². The van der Waals surface area contributed by atoms with Crippen LogP contribution in [0, 0.1) is 6.92 Å². The van der Waals surface area contributed by atoms with Crippen LogP contribution in [0.5, 0.6) is 0 Å². The quantitative estimate of drug-likeness (QED) is 0.911. The third-order valence-corrected chi connectivity index (χ3v) is 4.25. The maximum atomic E-state index is 11.8. The highest BCUT2D eigenvalue weighted by atomic mass is 16.1. The Morgan fingerprint density at radius 3 is 2.78 bits per heavy atom. The van der Waals surface area contributed by atoms with E-state index in [-0.39, 0.29) is 11.8 Å². The fourth-order valence-electron chi connectivity index (χ4n) is 2.79. The van der Waals surface area contributed by atoms with Gasteiger partial charge in [0, 0.05) is 47.1 Å². The number of anilines is 1. The van der Waals surface area contributed by atoms with E-state index in [2.05, 4.69) is 21.4 Å². The molecule has 1 aliphatic rings. The molecule has 0 bridgehead atoms. The second-order valence-electron chi connectivity index (χ2n) is 5.80. The Balaban J connectivity index is 1.98. The van der Waals surface area contributed by atoms with Crippen molar-refractivity contribution in [1.29, 1.82) is 0 Å². The summed E-state index contributed by atoms with van der Waals surface area (Å²) in [5.74, 6) is 0.694. The fraction of sp³-hybridized carbons (Fsp3) is 0.278. The van der Waals surface area contributed by atoms with E-state index < -0.39 is 0 Å². The number of hydrogen-bond acceptors (Lipinski definition) is 5. The van der Waals surface area contributed by atoms with Gasteiger partial charge in [-0.15, -0.1) is 0 Å². The predicted molar refractivity (Wildman–Crippen MR) is 92.6 cm³/mol. The molecule has 1 aliphatic heterocycles. The van der Waals surface area contributed by atoms with Gasteiger partial charge in [0.2, 0.25) is 0 Å². The number of nitrogen functional groups attached to an aromatic ring is 1. The van der Waals surface area contributed by atoms with E-state index >= 15 is 0 Å². The second kappa shape index (κ2) is 5.83. The number of nitrogens with one attached hydrogen (secondary N) is 1. The summed E-state index contributed by atoms with van der Waals surface area (Å²) < 4.78 is 0. The molecule has 0 radical (unpaired) electrons. The third-order valence-electron chi connectivity index (χ3n) is 4.25. The van der Waals surface area contributed by atoms with Crippen LogP contribution in [-0.4, -0.2) is 21.8 Å². The van der Waals surface area contributed by atoms with Crippen molar-refractivity contribution in [2.75, 3.05) is 5.73 Å². The molecule has 0 saturated heterocycles. The molecule has 3 heterocycles. The van der Waals surface area contributed by atoms with Gasteiger partial charge >= 0.3 is 0 Å². The Labute approximate surface area is 135 Å². The SMILES string of the molecule is CCC(=O)C1C=C(C)C(c2cnc3c(C)c(N)ncc3c2)=CN1. The average molecular weight is 308 g/mol. The number of nitrogens with two attached hydrogens (primary N) is 1. The Hall–Kier alpha value is -2.69. The summed E-state index contributed by atoms with van der Waals surface area (Å²) in [6.07, 6.45) is 7.97.